The van der Waals surface area contributed by atoms with Crippen LogP contribution in [0.4, 0.5) is 10.1 Å². The minimum atomic E-state index is -3.06. The van der Waals surface area contributed by atoms with Crippen molar-refractivity contribution in [2.24, 2.45) is 0 Å². The molecule has 3 rings (SSSR count). The molecule has 1 N–H and O–H groups in total. The summed E-state index contributed by atoms with van der Waals surface area (Å²) in [5.41, 5.74) is 0.489. The normalized spacial score (nSPS) is 19.2. The molecule has 0 unspecified atom stereocenters. The van der Waals surface area contributed by atoms with E-state index in [4.69, 9.17) is 4.42 Å². The minimum Gasteiger partial charge on any atom is -0.468 e. The van der Waals surface area contributed by atoms with Gasteiger partial charge in [-0.2, -0.15) is 0 Å². The summed E-state index contributed by atoms with van der Waals surface area (Å²) in [6.45, 7) is 0.377. The third-order valence-electron chi connectivity index (χ3n) is 4.14. The standard InChI is InChI=1S/C17H19FN2O4S/c18-13-3-5-14(6-4-13)19-17(21)11-20(10-16-2-1-8-24-16)15-7-9-25(22,23)12-15/h1-6,8,15H,7,9-12H2,(H,19,21)/t15-/m1/s1. The second-order valence-corrected chi connectivity index (χ2v) is 8.32. The number of carbonyl (C=O) groups excluding carboxylic acids is 1. The van der Waals surface area contributed by atoms with Crippen LogP contribution in [0, 0.1) is 5.82 Å². The highest BCUT2D eigenvalue weighted by Gasteiger charge is 2.33. The van der Waals surface area contributed by atoms with Crippen molar-refractivity contribution in [1.82, 2.24) is 4.90 Å². The Morgan fingerprint density at radius 1 is 1.28 bits per heavy atom. The van der Waals surface area contributed by atoms with Gasteiger partial charge in [-0.3, -0.25) is 9.69 Å². The molecule has 25 heavy (non-hydrogen) atoms. The number of furan rings is 1. The van der Waals surface area contributed by atoms with Crippen LogP contribution in [-0.2, 0) is 21.2 Å². The Bertz CT molecular complexity index is 819. The third-order valence-corrected chi connectivity index (χ3v) is 5.89. The molecule has 1 aliphatic heterocycles. The first kappa shape index (κ1) is 17.6. The molecule has 0 aliphatic carbocycles. The van der Waals surface area contributed by atoms with Crippen LogP contribution >= 0.6 is 0 Å². The number of hydrogen-bond acceptors (Lipinski definition) is 5. The maximum Gasteiger partial charge on any atom is 0.238 e. The number of sulfone groups is 1. The number of carbonyl (C=O) groups is 1. The molecule has 1 aromatic heterocycles. The van der Waals surface area contributed by atoms with Crippen LogP contribution in [0.15, 0.2) is 47.1 Å². The lowest BCUT2D eigenvalue weighted by atomic mass is 10.2. The van der Waals surface area contributed by atoms with E-state index in [2.05, 4.69) is 5.32 Å². The number of anilines is 1. The summed E-state index contributed by atoms with van der Waals surface area (Å²) in [6.07, 6.45) is 2.03. The van der Waals surface area contributed by atoms with E-state index in [1.807, 2.05) is 4.90 Å². The lowest BCUT2D eigenvalue weighted by Crippen LogP contribution is -2.41. The number of halogens is 1. The Kier molecular flexibility index (Phi) is 5.19. The second kappa shape index (κ2) is 7.37. The van der Waals surface area contributed by atoms with Crippen molar-refractivity contribution in [2.45, 2.75) is 19.0 Å². The van der Waals surface area contributed by atoms with Gasteiger partial charge >= 0.3 is 0 Å². The van der Waals surface area contributed by atoms with Gasteiger partial charge in [0, 0.05) is 11.7 Å². The molecule has 6 nitrogen and oxygen atoms in total. The van der Waals surface area contributed by atoms with E-state index in [-0.39, 0.29) is 35.8 Å². The Balaban J connectivity index is 1.68. The van der Waals surface area contributed by atoms with Gasteiger partial charge in [0.15, 0.2) is 9.84 Å². The van der Waals surface area contributed by atoms with Gasteiger partial charge in [0.2, 0.25) is 5.91 Å². The predicted molar refractivity (Wildman–Crippen MR) is 91.2 cm³/mol. The van der Waals surface area contributed by atoms with Gasteiger partial charge in [-0.15, -0.1) is 0 Å². The summed E-state index contributed by atoms with van der Waals surface area (Å²) in [4.78, 5) is 14.1. The Morgan fingerprint density at radius 3 is 2.64 bits per heavy atom. The zero-order valence-electron chi connectivity index (χ0n) is 13.5. The second-order valence-electron chi connectivity index (χ2n) is 6.10. The van der Waals surface area contributed by atoms with Crippen LogP contribution < -0.4 is 5.32 Å². The lowest BCUT2D eigenvalue weighted by molar-refractivity contribution is -0.118. The Hall–Kier alpha value is -2.19. The van der Waals surface area contributed by atoms with E-state index in [1.54, 1.807) is 12.1 Å². The van der Waals surface area contributed by atoms with Crippen molar-refractivity contribution < 1.29 is 22.0 Å². The summed E-state index contributed by atoms with van der Waals surface area (Å²) in [5, 5.41) is 2.70. The highest BCUT2D eigenvalue weighted by atomic mass is 32.2. The highest BCUT2D eigenvalue weighted by Crippen LogP contribution is 2.20. The highest BCUT2D eigenvalue weighted by molar-refractivity contribution is 7.91. The molecule has 1 saturated heterocycles. The molecule has 134 valence electrons. The smallest absolute Gasteiger partial charge is 0.238 e. The van der Waals surface area contributed by atoms with E-state index >= 15 is 0 Å². The zero-order valence-corrected chi connectivity index (χ0v) is 14.3. The predicted octanol–water partition coefficient (Wildman–Crippen LogP) is 2.05. The monoisotopic (exact) mass is 366 g/mol. The number of nitrogens with zero attached hydrogens (tertiary/aromatic N) is 1. The molecule has 1 fully saturated rings. The molecule has 0 bridgehead atoms. The average molecular weight is 366 g/mol. The van der Waals surface area contributed by atoms with E-state index in [0.717, 1.165) is 0 Å². The first-order chi connectivity index (χ1) is 11.9. The quantitative estimate of drug-likeness (QED) is 0.846. The van der Waals surface area contributed by atoms with E-state index in [1.165, 1.54) is 30.5 Å². The third kappa shape index (κ3) is 4.90. The molecule has 0 spiro atoms. The molecule has 1 aliphatic rings. The summed E-state index contributed by atoms with van der Waals surface area (Å²) in [6, 6.07) is 8.79. The van der Waals surface area contributed by atoms with Gasteiger partial charge in [-0.1, -0.05) is 0 Å². The molecule has 0 radical (unpaired) electrons. The Morgan fingerprint density at radius 2 is 2.04 bits per heavy atom. The topological polar surface area (TPSA) is 79.6 Å². The van der Waals surface area contributed by atoms with Gasteiger partial charge in [0.1, 0.15) is 11.6 Å². The molecular weight excluding hydrogens is 347 g/mol. The summed E-state index contributed by atoms with van der Waals surface area (Å²) in [5.74, 6) is 0.165. The summed E-state index contributed by atoms with van der Waals surface area (Å²) in [7, 11) is -3.06. The first-order valence-corrected chi connectivity index (χ1v) is 9.76. The summed E-state index contributed by atoms with van der Waals surface area (Å²) >= 11 is 0. The Labute approximate surface area is 145 Å². The van der Waals surface area contributed by atoms with Gasteiger partial charge in [-0.05, 0) is 42.8 Å². The van der Waals surface area contributed by atoms with Gasteiger partial charge < -0.3 is 9.73 Å². The van der Waals surface area contributed by atoms with Gasteiger partial charge in [0.05, 0.1) is 30.9 Å². The SMILES string of the molecule is O=C(CN(Cc1ccco1)[C@@H]1CCS(=O)(=O)C1)Nc1ccc(F)cc1. The van der Waals surface area contributed by atoms with Crippen molar-refractivity contribution >= 4 is 21.4 Å². The molecule has 2 aromatic rings. The lowest BCUT2D eigenvalue weighted by Gasteiger charge is -2.26. The van der Waals surface area contributed by atoms with E-state index in [0.29, 0.717) is 24.4 Å². The van der Waals surface area contributed by atoms with Crippen molar-refractivity contribution in [3.63, 3.8) is 0 Å². The van der Waals surface area contributed by atoms with Crippen molar-refractivity contribution in [2.75, 3.05) is 23.4 Å². The number of nitrogens with one attached hydrogen (secondary N) is 1. The van der Waals surface area contributed by atoms with E-state index < -0.39 is 9.84 Å². The van der Waals surface area contributed by atoms with Crippen LogP contribution in [0.5, 0.6) is 0 Å². The number of benzene rings is 1. The minimum absolute atomic E-state index is 0.0261. The number of amides is 1. The fraction of sp³-hybridized carbons (Fsp3) is 0.353. The van der Waals surface area contributed by atoms with Crippen molar-refractivity contribution in [3.8, 4) is 0 Å². The van der Waals surface area contributed by atoms with Gasteiger partial charge in [0.25, 0.3) is 0 Å². The molecule has 2 heterocycles. The fourth-order valence-corrected chi connectivity index (χ4v) is 4.66. The van der Waals surface area contributed by atoms with Crippen LogP contribution in [0.2, 0.25) is 0 Å². The van der Waals surface area contributed by atoms with Crippen molar-refractivity contribution in [3.05, 3.63) is 54.2 Å². The maximum absolute atomic E-state index is 12.9. The largest absolute Gasteiger partial charge is 0.468 e. The molecular formula is C17H19FN2O4S. The fourth-order valence-electron chi connectivity index (χ4n) is 2.90. The van der Waals surface area contributed by atoms with Crippen LogP contribution in [-0.4, -0.2) is 43.3 Å². The average Bonchev–Trinajstić information content (AvgIpc) is 3.18. The molecule has 1 amide bonds. The van der Waals surface area contributed by atoms with Crippen LogP contribution in [0.25, 0.3) is 0 Å². The molecule has 1 aromatic carbocycles. The zero-order chi connectivity index (χ0) is 17.9. The maximum atomic E-state index is 12.9. The van der Waals surface area contributed by atoms with E-state index in [9.17, 15) is 17.6 Å². The summed E-state index contributed by atoms with van der Waals surface area (Å²) < 4.78 is 41.8. The molecule has 0 saturated carbocycles. The van der Waals surface area contributed by atoms with Crippen LogP contribution in [0.3, 0.4) is 0 Å². The van der Waals surface area contributed by atoms with Crippen LogP contribution in [0.1, 0.15) is 12.2 Å². The number of hydrogen-bond donors (Lipinski definition) is 1. The van der Waals surface area contributed by atoms with Gasteiger partial charge in [-0.25, -0.2) is 12.8 Å². The molecule has 8 heteroatoms. The molecule has 1 atom stereocenters. The number of rotatable bonds is 6. The van der Waals surface area contributed by atoms with Crippen molar-refractivity contribution in [1.29, 1.82) is 0 Å². The first-order valence-electron chi connectivity index (χ1n) is 7.93.